The van der Waals surface area contributed by atoms with Gasteiger partial charge in [-0.15, -0.1) is 0 Å². The first-order valence-electron chi connectivity index (χ1n) is 4.88. The fourth-order valence-electron chi connectivity index (χ4n) is 1.85. The monoisotopic (exact) mass is 202 g/mol. The molecule has 0 saturated carbocycles. The Morgan fingerprint density at radius 1 is 1.79 bits per heavy atom. The molecule has 2 atom stereocenters. The highest BCUT2D eigenvalue weighted by molar-refractivity contribution is 5.73. The van der Waals surface area contributed by atoms with Crippen LogP contribution in [0, 0.1) is 0 Å². The number of aliphatic carboxylic acids is 1. The molecule has 3 N–H and O–H groups in total. The maximum absolute atomic E-state index is 10.9. The first kappa shape index (κ1) is 11.4. The Balaban J connectivity index is 2.53. The molecule has 1 fully saturated rings. The van der Waals surface area contributed by atoms with E-state index in [9.17, 15) is 4.79 Å². The number of carboxylic acid groups (broad SMARTS) is 1. The van der Waals surface area contributed by atoms with Crippen LogP contribution in [-0.4, -0.2) is 54.9 Å². The standard InChI is InChI=1S/C9H18N2O3/c1-14-7-3-2-4-11(6-7)8(5-10)9(12)13/h7-8H,2-6,10H2,1H3,(H,12,13). The van der Waals surface area contributed by atoms with Crippen LogP contribution in [0.3, 0.4) is 0 Å². The molecule has 0 aliphatic carbocycles. The van der Waals surface area contributed by atoms with Gasteiger partial charge in [0, 0.05) is 20.2 Å². The summed E-state index contributed by atoms with van der Waals surface area (Å²) in [6, 6.07) is -0.562. The predicted molar refractivity (Wildman–Crippen MR) is 52.1 cm³/mol. The molecule has 0 bridgehead atoms. The van der Waals surface area contributed by atoms with Gasteiger partial charge in [-0.05, 0) is 19.4 Å². The number of carboxylic acids is 1. The second-order valence-corrected chi connectivity index (χ2v) is 3.58. The zero-order chi connectivity index (χ0) is 10.6. The van der Waals surface area contributed by atoms with E-state index in [0.29, 0.717) is 6.54 Å². The van der Waals surface area contributed by atoms with Crippen LogP contribution in [0.15, 0.2) is 0 Å². The van der Waals surface area contributed by atoms with Gasteiger partial charge >= 0.3 is 5.97 Å². The van der Waals surface area contributed by atoms with Crippen LogP contribution >= 0.6 is 0 Å². The molecule has 0 aromatic rings. The lowest BCUT2D eigenvalue weighted by atomic mass is 10.1. The van der Waals surface area contributed by atoms with Crippen LogP contribution in [0.1, 0.15) is 12.8 Å². The summed E-state index contributed by atoms with van der Waals surface area (Å²) in [5.74, 6) is -0.843. The van der Waals surface area contributed by atoms with Crippen molar-refractivity contribution in [1.82, 2.24) is 4.90 Å². The van der Waals surface area contributed by atoms with Gasteiger partial charge in [-0.1, -0.05) is 0 Å². The van der Waals surface area contributed by atoms with E-state index in [0.717, 1.165) is 19.4 Å². The topological polar surface area (TPSA) is 75.8 Å². The number of nitrogens with zero attached hydrogens (tertiary/aromatic N) is 1. The zero-order valence-corrected chi connectivity index (χ0v) is 8.48. The molecule has 82 valence electrons. The van der Waals surface area contributed by atoms with E-state index in [1.165, 1.54) is 0 Å². The minimum absolute atomic E-state index is 0.150. The molecule has 1 saturated heterocycles. The van der Waals surface area contributed by atoms with Crippen molar-refractivity contribution < 1.29 is 14.6 Å². The quantitative estimate of drug-likeness (QED) is 0.643. The van der Waals surface area contributed by atoms with Gasteiger partial charge in [-0.25, -0.2) is 0 Å². The molecule has 5 heteroatoms. The molecule has 1 rings (SSSR count). The average Bonchev–Trinajstić information content (AvgIpc) is 2.19. The first-order chi connectivity index (χ1) is 6.69. The van der Waals surface area contributed by atoms with Gasteiger partial charge in [0.1, 0.15) is 6.04 Å². The summed E-state index contributed by atoms with van der Waals surface area (Å²) in [6.07, 6.45) is 2.13. The number of methoxy groups -OCH3 is 1. The number of hydrogen-bond donors (Lipinski definition) is 2. The van der Waals surface area contributed by atoms with Crippen LogP contribution in [0.4, 0.5) is 0 Å². The minimum atomic E-state index is -0.843. The van der Waals surface area contributed by atoms with Crippen molar-refractivity contribution >= 4 is 5.97 Å². The van der Waals surface area contributed by atoms with E-state index in [1.54, 1.807) is 7.11 Å². The lowest BCUT2D eigenvalue weighted by Gasteiger charge is -2.35. The highest BCUT2D eigenvalue weighted by atomic mass is 16.5. The fourth-order valence-corrected chi connectivity index (χ4v) is 1.85. The van der Waals surface area contributed by atoms with Crippen molar-refractivity contribution in [2.24, 2.45) is 5.73 Å². The molecule has 14 heavy (non-hydrogen) atoms. The minimum Gasteiger partial charge on any atom is -0.480 e. The Morgan fingerprint density at radius 3 is 3.00 bits per heavy atom. The van der Waals surface area contributed by atoms with Crippen molar-refractivity contribution in [3.63, 3.8) is 0 Å². The molecule has 1 aliphatic rings. The number of ether oxygens (including phenoxy) is 1. The Kier molecular flexibility index (Phi) is 4.31. The van der Waals surface area contributed by atoms with Gasteiger partial charge in [0.2, 0.25) is 0 Å². The van der Waals surface area contributed by atoms with Crippen LogP contribution in [0.25, 0.3) is 0 Å². The van der Waals surface area contributed by atoms with Gasteiger partial charge in [-0.3, -0.25) is 9.69 Å². The molecule has 5 nitrogen and oxygen atoms in total. The maximum atomic E-state index is 10.9. The number of nitrogens with two attached hydrogens (primary N) is 1. The van der Waals surface area contributed by atoms with E-state index >= 15 is 0 Å². The molecule has 0 aromatic carbocycles. The Labute approximate surface area is 83.8 Å². The molecule has 0 spiro atoms. The van der Waals surface area contributed by atoms with Crippen molar-refractivity contribution in [2.45, 2.75) is 25.0 Å². The van der Waals surface area contributed by atoms with Gasteiger partial charge in [0.05, 0.1) is 6.10 Å². The van der Waals surface area contributed by atoms with E-state index < -0.39 is 12.0 Å². The normalized spacial score (nSPS) is 26.0. The van der Waals surface area contributed by atoms with Gasteiger partial charge in [-0.2, -0.15) is 0 Å². The van der Waals surface area contributed by atoms with Crippen molar-refractivity contribution in [2.75, 3.05) is 26.7 Å². The summed E-state index contributed by atoms with van der Waals surface area (Å²) >= 11 is 0. The van der Waals surface area contributed by atoms with E-state index in [2.05, 4.69) is 0 Å². The van der Waals surface area contributed by atoms with Crippen LogP contribution in [0.2, 0.25) is 0 Å². The Bertz CT molecular complexity index is 198. The number of likely N-dealkylation sites (tertiary alicyclic amines) is 1. The van der Waals surface area contributed by atoms with Gasteiger partial charge < -0.3 is 15.6 Å². The van der Waals surface area contributed by atoms with Gasteiger partial charge in [0.25, 0.3) is 0 Å². The summed E-state index contributed by atoms with van der Waals surface area (Å²) in [5, 5.41) is 8.92. The zero-order valence-electron chi connectivity index (χ0n) is 8.48. The van der Waals surface area contributed by atoms with E-state index in [4.69, 9.17) is 15.6 Å². The highest BCUT2D eigenvalue weighted by Gasteiger charge is 2.29. The van der Waals surface area contributed by atoms with Crippen LogP contribution < -0.4 is 5.73 Å². The summed E-state index contributed by atoms with van der Waals surface area (Å²) in [4.78, 5) is 12.8. The number of rotatable bonds is 4. The molecule has 1 heterocycles. The second-order valence-electron chi connectivity index (χ2n) is 3.58. The first-order valence-corrected chi connectivity index (χ1v) is 4.88. The summed E-state index contributed by atoms with van der Waals surface area (Å²) in [7, 11) is 1.66. The predicted octanol–water partition coefficient (Wildman–Crippen LogP) is -0.491. The number of piperidine rings is 1. The molecule has 0 aromatic heterocycles. The highest BCUT2D eigenvalue weighted by Crippen LogP contribution is 2.14. The Hall–Kier alpha value is -0.650. The fraction of sp³-hybridized carbons (Fsp3) is 0.889. The van der Waals surface area contributed by atoms with Crippen LogP contribution in [0.5, 0.6) is 0 Å². The average molecular weight is 202 g/mol. The summed E-state index contributed by atoms with van der Waals surface area (Å²) < 4.78 is 5.22. The van der Waals surface area contributed by atoms with Crippen LogP contribution in [-0.2, 0) is 9.53 Å². The molecular formula is C9H18N2O3. The second kappa shape index (κ2) is 5.29. The van der Waals surface area contributed by atoms with E-state index in [1.807, 2.05) is 4.90 Å². The van der Waals surface area contributed by atoms with Gasteiger partial charge in [0.15, 0.2) is 0 Å². The SMILES string of the molecule is COC1CCCN(C(CN)C(=O)O)C1. The maximum Gasteiger partial charge on any atom is 0.322 e. The van der Waals surface area contributed by atoms with E-state index in [-0.39, 0.29) is 12.6 Å². The molecule has 0 radical (unpaired) electrons. The number of carbonyl (C=O) groups is 1. The third-order valence-corrected chi connectivity index (χ3v) is 2.69. The van der Waals surface area contributed by atoms with Crippen molar-refractivity contribution in [3.8, 4) is 0 Å². The van der Waals surface area contributed by atoms with Crippen molar-refractivity contribution in [3.05, 3.63) is 0 Å². The lowest BCUT2D eigenvalue weighted by molar-refractivity contribution is -0.144. The third-order valence-electron chi connectivity index (χ3n) is 2.69. The lowest BCUT2D eigenvalue weighted by Crippen LogP contribution is -2.51. The summed E-state index contributed by atoms with van der Waals surface area (Å²) in [6.45, 7) is 1.63. The summed E-state index contributed by atoms with van der Waals surface area (Å²) in [5.41, 5.74) is 5.43. The molecule has 0 amide bonds. The van der Waals surface area contributed by atoms with Crippen molar-refractivity contribution in [1.29, 1.82) is 0 Å². The molecule has 1 aliphatic heterocycles. The smallest absolute Gasteiger partial charge is 0.322 e. The molecular weight excluding hydrogens is 184 g/mol. The largest absolute Gasteiger partial charge is 0.480 e. The molecule has 2 unspecified atom stereocenters. The Morgan fingerprint density at radius 2 is 2.50 bits per heavy atom. The number of hydrogen-bond acceptors (Lipinski definition) is 4. The third kappa shape index (κ3) is 2.67.